The van der Waals surface area contributed by atoms with Gasteiger partial charge in [-0.15, -0.1) is 0 Å². The molecule has 0 aromatic heterocycles. The summed E-state index contributed by atoms with van der Waals surface area (Å²) in [4.78, 5) is 38.7. The lowest BCUT2D eigenvalue weighted by molar-refractivity contribution is -0.192. The predicted molar refractivity (Wildman–Crippen MR) is 107 cm³/mol. The molecular formula is C20H36O11. The van der Waals surface area contributed by atoms with Crippen molar-refractivity contribution in [3.05, 3.63) is 0 Å². The highest BCUT2D eigenvalue weighted by Crippen LogP contribution is 2.30. The fourth-order valence-corrected chi connectivity index (χ4v) is 2.89. The summed E-state index contributed by atoms with van der Waals surface area (Å²) in [6.07, 6.45) is 0.688. The van der Waals surface area contributed by atoms with Crippen LogP contribution in [-0.2, 0) is 23.9 Å². The lowest BCUT2D eigenvalue weighted by Gasteiger charge is -2.36. The maximum atomic E-state index is 13.0. The molecule has 2 unspecified atom stereocenters. The summed E-state index contributed by atoms with van der Waals surface area (Å²) < 4.78 is 9.65. The predicted octanol–water partition coefficient (Wildman–Crippen LogP) is -1.76. The van der Waals surface area contributed by atoms with E-state index < -0.39 is 54.2 Å². The van der Waals surface area contributed by atoms with Gasteiger partial charge in [-0.05, 0) is 12.8 Å². The van der Waals surface area contributed by atoms with Crippen molar-refractivity contribution in [2.45, 2.75) is 69.2 Å². The Morgan fingerprint density at radius 2 is 1.19 bits per heavy atom. The van der Waals surface area contributed by atoms with Crippen molar-refractivity contribution in [3.8, 4) is 0 Å². The molecule has 0 aromatic carbocycles. The number of unbranched alkanes of at least 4 members (excludes halogenated alkanes) is 2. The minimum absolute atomic E-state index is 0.0672. The van der Waals surface area contributed by atoms with Crippen molar-refractivity contribution in [2.24, 2.45) is 0 Å². The third-order valence-electron chi connectivity index (χ3n) is 4.91. The van der Waals surface area contributed by atoms with Crippen LogP contribution in [0, 0.1) is 0 Å². The number of esters is 1. The van der Waals surface area contributed by atoms with Crippen LogP contribution < -0.4 is 0 Å². The van der Waals surface area contributed by atoms with Crippen molar-refractivity contribution in [1.29, 1.82) is 0 Å². The van der Waals surface area contributed by atoms with E-state index in [0.717, 1.165) is 0 Å². The van der Waals surface area contributed by atoms with E-state index in [1.165, 1.54) is 0 Å². The Morgan fingerprint density at radius 3 is 1.55 bits per heavy atom. The molecule has 0 aromatic rings. The van der Waals surface area contributed by atoms with Crippen LogP contribution in [0.25, 0.3) is 0 Å². The number of aliphatic hydroxyl groups excluding tert-OH is 3. The van der Waals surface area contributed by atoms with E-state index in [1.807, 2.05) is 0 Å². The monoisotopic (exact) mass is 452 g/mol. The zero-order valence-corrected chi connectivity index (χ0v) is 18.2. The Kier molecular flexibility index (Phi) is 13.2. The molecule has 11 nitrogen and oxygen atoms in total. The third kappa shape index (κ3) is 7.56. The number of aliphatic hydroxyl groups is 6. The molecule has 0 aliphatic carbocycles. The average molecular weight is 452 g/mol. The number of ether oxygens (including phenoxy) is 2. The summed E-state index contributed by atoms with van der Waals surface area (Å²) in [5, 5.41) is 60.0. The fourth-order valence-electron chi connectivity index (χ4n) is 2.89. The first-order chi connectivity index (χ1) is 14.5. The van der Waals surface area contributed by atoms with Crippen LogP contribution >= 0.6 is 0 Å². The Bertz CT molecular complexity index is 545. The first kappa shape index (κ1) is 29.5. The van der Waals surface area contributed by atoms with E-state index in [0.29, 0.717) is 12.8 Å². The van der Waals surface area contributed by atoms with Crippen LogP contribution in [-0.4, -0.2) is 105 Å². The molecule has 0 radical (unpaired) electrons. The summed E-state index contributed by atoms with van der Waals surface area (Å²) >= 11 is 0. The van der Waals surface area contributed by atoms with Crippen LogP contribution in [0.4, 0.5) is 0 Å². The van der Waals surface area contributed by atoms with Crippen LogP contribution in [0.2, 0.25) is 0 Å². The van der Waals surface area contributed by atoms with E-state index in [4.69, 9.17) is 14.6 Å². The second kappa shape index (κ2) is 13.8. The molecule has 2 atom stereocenters. The quantitative estimate of drug-likeness (QED) is 0.0784. The molecule has 6 N–H and O–H groups in total. The van der Waals surface area contributed by atoms with Gasteiger partial charge in [-0.1, -0.05) is 39.5 Å². The normalized spacial score (nSPS) is 17.3. The van der Waals surface area contributed by atoms with Crippen LogP contribution in [0.1, 0.15) is 52.4 Å². The van der Waals surface area contributed by atoms with Crippen LogP contribution in [0.15, 0.2) is 0 Å². The maximum Gasteiger partial charge on any atom is 0.354 e. The highest BCUT2D eigenvalue weighted by atomic mass is 16.6. The molecule has 31 heavy (non-hydrogen) atoms. The molecule has 0 aliphatic heterocycles. The number of hydrogen-bond donors (Lipinski definition) is 6. The van der Waals surface area contributed by atoms with E-state index in [-0.39, 0.29) is 45.5 Å². The lowest BCUT2D eigenvalue weighted by Crippen LogP contribution is -2.68. The summed E-state index contributed by atoms with van der Waals surface area (Å²) in [7, 11) is 0. The summed E-state index contributed by atoms with van der Waals surface area (Å²) in [5.41, 5.74) is -8.99. The van der Waals surface area contributed by atoms with Gasteiger partial charge in [-0.2, -0.15) is 0 Å². The van der Waals surface area contributed by atoms with E-state index in [1.54, 1.807) is 13.8 Å². The molecule has 0 aliphatic rings. The van der Waals surface area contributed by atoms with Gasteiger partial charge in [0.1, 0.15) is 17.8 Å². The molecule has 0 heterocycles. The number of ketones is 2. The van der Waals surface area contributed by atoms with Crippen molar-refractivity contribution >= 4 is 17.5 Å². The second-order valence-corrected chi connectivity index (χ2v) is 7.43. The number of hydrogen-bond acceptors (Lipinski definition) is 11. The maximum absolute atomic E-state index is 13.0. The van der Waals surface area contributed by atoms with Crippen molar-refractivity contribution in [1.82, 2.24) is 0 Å². The molecule has 182 valence electrons. The van der Waals surface area contributed by atoms with E-state index >= 15 is 0 Å². The molecule has 0 fully saturated rings. The largest absolute Gasteiger partial charge is 0.460 e. The van der Waals surface area contributed by atoms with Gasteiger partial charge >= 0.3 is 5.97 Å². The standard InChI is InChI=1S/C20H36O11/c1-3-5-7-18(27,13-22)15(24)20(29,17(26)31-12-11-30-10-9-21)16(25)19(28,14-23)8-6-4-2/h21-23,27-29H,3-14H2,1-2H3. The Labute approximate surface area is 181 Å². The number of carbonyl (C=O) groups excluding carboxylic acids is 3. The SMILES string of the molecule is CCCCC(O)(CO)C(=O)C(O)(C(=O)OCCOCCO)C(=O)C(O)(CO)CCCC. The van der Waals surface area contributed by atoms with Crippen LogP contribution in [0.3, 0.4) is 0 Å². The van der Waals surface area contributed by atoms with Crippen molar-refractivity contribution < 1.29 is 54.5 Å². The number of carbonyl (C=O) groups is 3. The Morgan fingerprint density at radius 1 is 0.742 bits per heavy atom. The van der Waals surface area contributed by atoms with Gasteiger partial charge in [0.2, 0.25) is 11.6 Å². The smallest absolute Gasteiger partial charge is 0.354 e. The van der Waals surface area contributed by atoms with Gasteiger partial charge in [0, 0.05) is 0 Å². The molecule has 0 saturated heterocycles. The van der Waals surface area contributed by atoms with Crippen molar-refractivity contribution in [3.63, 3.8) is 0 Å². The first-order valence-electron chi connectivity index (χ1n) is 10.4. The van der Waals surface area contributed by atoms with E-state index in [9.17, 15) is 39.9 Å². The highest BCUT2D eigenvalue weighted by molar-refractivity contribution is 6.29. The van der Waals surface area contributed by atoms with Gasteiger partial charge in [0.15, 0.2) is 0 Å². The molecule has 0 saturated carbocycles. The Balaban J connectivity index is 6.07. The average Bonchev–Trinajstić information content (AvgIpc) is 2.78. The zero-order valence-electron chi connectivity index (χ0n) is 18.2. The molecular weight excluding hydrogens is 416 g/mol. The molecule has 11 heteroatoms. The lowest BCUT2D eigenvalue weighted by atomic mass is 9.74. The fraction of sp³-hybridized carbons (Fsp3) is 0.850. The highest BCUT2D eigenvalue weighted by Gasteiger charge is 2.63. The number of rotatable bonds is 18. The van der Waals surface area contributed by atoms with Crippen molar-refractivity contribution in [2.75, 3.05) is 39.6 Å². The van der Waals surface area contributed by atoms with Gasteiger partial charge in [-0.25, -0.2) is 4.79 Å². The summed E-state index contributed by atoms with van der Waals surface area (Å²) in [6.45, 7) is -0.0303. The first-order valence-corrected chi connectivity index (χ1v) is 10.4. The zero-order chi connectivity index (χ0) is 24.1. The van der Waals surface area contributed by atoms with Gasteiger partial charge < -0.3 is 40.1 Å². The van der Waals surface area contributed by atoms with Gasteiger partial charge in [-0.3, -0.25) is 9.59 Å². The molecule has 0 spiro atoms. The topological polar surface area (TPSA) is 191 Å². The minimum Gasteiger partial charge on any atom is -0.460 e. The Hall–Kier alpha value is -1.47. The minimum atomic E-state index is -3.67. The third-order valence-corrected chi connectivity index (χ3v) is 4.91. The van der Waals surface area contributed by atoms with E-state index in [2.05, 4.69) is 0 Å². The van der Waals surface area contributed by atoms with Gasteiger partial charge in [0.25, 0.3) is 5.60 Å². The molecule has 0 rings (SSSR count). The second-order valence-electron chi connectivity index (χ2n) is 7.43. The van der Waals surface area contributed by atoms with Gasteiger partial charge in [0.05, 0.1) is 33.0 Å². The molecule has 0 bridgehead atoms. The summed E-state index contributed by atoms with van der Waals surface area (Å²) in [6, 6.07) is 0. The molecule has 0 amide bonds. The summed E-state index contributed by atoms with van der Waals surface area (Å²) in [5.74, 6) is -5.27. The van der Waals surface area contributed by atoms with Crippen LogP contribution in [0.5, 0.6) is 0 Å². The number of Topliss-reactive ketones (excluding diaryl/α,β-unsaturated/α-hetero) is 2.